The first-order chi connectivity index (χ1) is 9.24. The molecule has 2 unspecified atom stereocenters. The standard InChI is InChI=1S/C14H16N4O/c1-9-4-5-17-13(9)14(19)18-10-2-3-11-12(8-10)16-7-6-15-11/h2-3,6-9,13,17H,4-5H2,1H3,(H,18,19). The van der Waals surface area contributed by atoms with E-state index in [2.05, 4.69) is 27.5 Å². The molecule has 2 N–H and O–H groups in total. The minimum Gasteiger partial charge on any atom is -0.325 e. The van der Waals surface area contributed by atoms with E-state index in [0.29, 0.717) is 5.92 Å². The molecule has 2 aromatic rings. The molecule has 1 aliphatic heterocycles. The van der Waals surface area contributed by atoms with E-state index in [-0.39, 0.29) is 11.9 Å². The Morgan fingerprint density at radius 1 is 1.32 bits per heavy atom. The van der Waals surface area contributed by atoms with Crippen molar-refractivity contribution in [2.24, 2.45) is 5.92 Å². The van der Waals surface area contributed by atoms with E-state index in [1.54, 1.807) is 12.4 Å². The molecule has 2 heterocycles. The maximum atomic E-state index is 12.2. The van der Waals surface area contributed by atoms with Crippen LogP contribution in [0.5, 0.6) is 0 Å². The lowest BCUT2D eigenvalue weighted by Crippen LogP contribution is -2.39. The van der Waals surface area contributed by atoms with Crippen LogP contribution in [0.25, 0.3) is 11.0 Å². The molecule has 0 bridgehead atoms. The van der Waals surface area contributed by atoms with Gasteiger partial charge in [-0.1, -0.05) is 6.92 Å². The number of nitrogens with zero attached hydrogens (tertiary/aromatic N) is 2. The third kappa shape index (κ3) is 2.42. The topological polar surface area (TPSA) is 66.9 Å². The fourth-order valence-corrected chi connectivity index (χ4v) is 2.45. The number of carbonyl (C=O) groups is 1. The lowest BCUT2D eigenvalue weighted by molar-refractivity contribution is -0.118. The Labute approximate surface area is 111 Å². The van der Waals surface area contributed by atoms with Gasteiger partial charge in [0.15, 0.2) is 0 Å². The first kappa shape index (κ1) is 12.0. The van der Waals surface area contributed by atoms with Gasteiger partial charge in [-0.3, -0.25) is 14.8 Å². The number of benzene rings is 1. The highest BCUT2D eigenvalue weighted by atomic mass is 16.2. The van der Waals surface area contributed by atoms with Crippen molar-refractivity contribution >= 4 is 22.6 Å². The average molecular weight is 256 g/mol. The SMILES string of the molecule is CC1CCNC1C(=O)Nc1ccc2nccnc2c1. The molecule has 1 amide bonds. The molecule has 1 aliphatic rings. The maximum Gasteiger partial charge on any atom is 0.241 e. The zero-order chi connectivity index (χ0) is 13.2. The van der Waals surface area contributed by atoms with Gasteiger partial charge in [0.1, 0.15) is 0 Å². The molecule has 1 aromatic carbocycles. The Morgan fingerprint density at radius 2 is 2.11 bits per heavy atom. The second-order valence-electron chi connectivity index (χ2n) is 4.95. The van der Waals surface area contributed by atoms with Gasteiger partial charge >= 0.3 is 0 Å². The average Bonchev–Trinajstić information content (AvgIpc) is 2.85. The van der Waals surface area contributed by atoms with Crippen molar-refractivity contribution in [3.05, 3.63) is 30.6 Å². The second-order valence-corrected chi connectivity index (χ2v) is 4.95. The van der Waals surface area contributed by atoms with Gasteiger partial charge in [-0.2, -0.15) is 0 Å². The Bertz CT molecular complexity index is 613. The number of anilines is 1. The number of hydrogen-bond acceptors (Lipinski definition) is 4. The number of amides is 1. The number of nitrogens with one attached hydrogen (secondary N) is 2. The highest BCUT2D eigenvalue weighted by Gasteiger charge is 2.29. The van der Waals surface area contributed by atoms with Crippen molar-refractivity contribution in [1.82, 2.24) is 15.3 Å². The van der Waals surface area contributed by atoms with Crippen LogP contribution >= 0.6 is 0 Å². The summed E-state index contributed by atoms with van der Waals surface area (Å²) >= 11 is 0. The summed E-state index contributed by atoms with van der Waals surface area (Å²) in [5.41, 5.74) is 2.37. The zero-order valence-corrected chi connectivity index (χ0v) is 10.8. The van der Waals surface area contributed by atoms with E-state index in [1.165, 1.54) is 0 Å². The van der Waals surface area contributed by atoms with Gasteiger partial charge in [0, 0.05) is 18.1 Å². The maximum absolute atomic E-state index is 12.2. The number of fused-ring (bicyclic) bond motifs is 1. The summed E-state index contributed by atoms with van der Waals surface area (Å²) in [6.07, 6.45) is 4.35. The van der Waals surface area contributed by atoms with Crippen molar-refractivity contribution in [3.63, 3.8) is 0 Å². The Kier molecular flexibility index (Phi) is 3.13. The smallest absolute Gasteiger partial charge is 0.241 e. The molecule has 2 atom stereocenters. The van der Waals surface area contributed by atoms with Crippen LogP contribution in [-0.2, 0) is 4.79 Å². The predicted molar refractivity (Wildman–Crippen MR) is 73.7 cm³/mol. The van der Waals surface area contributed by atoms with Gasteiger partial charge in [-0.25, -0.2) is 0 Å². The summed E-state index contributed by atoms with van der Waals surface area (Å²) in [4.78, 5) is 20.6. The van der Waals surface area contributed by atoms with Crippen molar-refractivity contribution in [3.8, 4) is 0 Å². The lowest BCUT2D eigenvalue weighted by Gasteiger charge is -2.15. The molecule has 0 spiro atoms. The molecule has 5 heteroatoms. The molecular formula is C14H16N4O. The number of hydrogen-bond donors (Lipinski definition) is 2. The normalized spacial score (nSPS) is 22.6. The minimum atomic E-state index is -0.0995. The van der Waals surface area contributed by atoms with E-state index in [0.717, 1.165) is 29.7 Å². The van der Waals surface area contributed by atoms with Gasteiger partial charge in [-0.05, 0) is 37.1 Å². The van der Waals surface area contributed by atoms with Crippen molar-refractivity contribution in [2.75, 3.05) is 11.9 Å². The van der Waals surface area contributed by atoms with Crippen LogP contribution in [0.15, 0.2) is 30.6 Å². The Morgan fingerprint density at radius 3 is 2.84 bits per heavy atom. The minimum absolute atomic E-state index is 0.0215. The summed E-state index contributed by atoms with van der Waals surface area (Å²) in [6, 6.07) is 5.47. The van der Waals surface area contributed by atoms with Crippen molar-refractivity contribution in [2.45, 2.75) is 19.4 Å². The van der Waals surface area contributed by atoms with E-state index in [4.69, 9.17) is 0 Å². The van der Waals surface area contributed by atoms with E-state index >= 15 is 0 Å². The molecule has 0 aliphatic carbocycles. The van der Waals surface area contributed by atoms with Crippen molar-refractivity contribution < 1.29 is 4.79 Å². The number of rotatable bonds is 2. The van der Waals surface area contributed by atoms with Crippen molar-refractivity contribution in [1.29, 1.82) is 0 Å². The van der Waals surface area contributed by atoms with Crippen LogP contribution in [0.1, 0.15) is 13.3 Å². The molecule has 3 rings (SSSR count). The molecule has 0 saturated carbocycles. The molecule has 1 fully saturated rings. The summed E-state index contributed by atoms with van der Waals surface area (Å²) in [5.74, 6) is 0.397. The second kappa shape index (κ2) is 4.93. The number of aromatic nitrogens is 2. The van der Waals surface area contributed by atoms with Crippen LogP contribution in [0.3, 0.4) is 0 Å². The van der Waals surface area contributed by atoms with Crippen LogP contribution in [0.4, 0.5) is 5.69 Å². The van der Waals surface area contributed by atoms with Gasteiger partial charge in [0.25, 0.3) is 0 Å². The van der Waals surface area contributed by atoms with Crippen LogP contribution < -0.4 is 10.6 Å². The molecule has 5 nitrogen and oxygen atoms in total. The Balaban J connectivity index is 1.79. The summed E-state index contributed by atoms with van der Waals surface area (Å²) < 4.78 is 0. The van der Waals surface area contributed by atoms with Gasteiger partial charge < -0.3 is 10.6 Å². The number of carbonyl (C=O) groups excluding carboxylic acids is 1. The third-order valence-corrected chi connectivity index (χ3v) is 3.55. The van der Waals surface area contributed by atoms with E-state index < -0.39 is 0 Å². The Hall–Kier alpha value is -2.01. The first-order valence-electron chi connectivity index (χ1n) is 6.49. The summed E-state index contributed by atoms with van der Waals surface area (Å²) in [7, 11) is 0. The predicted octanol–water partition coefficient (Wildman–Crippen LogP) is 1.57. The highest BCUT2D eigenvalue weighted by Crippen LogP contribution is 2.18. The molecule has 1 saturated heterocycles. The van der Waals surface area contributed by atoms with E-state index in [1.807, 2.05) is 18.2 Å². The molecular weight excluding hydrogens is 240 g/mol. The monoisotopic (exact) mass is 256 g/mol. The van der Waals surface area contributed by atoms with Gasteiger partial charge in [-0.15, -0.1) is 0 Å². The molecule has 98 valence electrons. The molecule has 19 heavy (non-hydrogen) atoms. The molecule has 1 aromatic heterocycles. The fourth-order valence-electron chi connectivity index (χ4n) is 2.45. The fraction of sp³-hybridized carbons (Fsp3) is 0.357. The first-order valence-corrected chi connectivity index (χ1v) is 6.49. The van der Waals surface area contributed by atoms with Gasteiger partial charge in [0.2, 0.25) is 5.91 Å². The zero-order valence-electron chi connectivity index (χ0n) is 10.8. The van der Waals surface area contributed by atoms with Crippen LogP contribution in [0.2, 0.25) is 0 Å². The summed E-state index contributed by atoms with van der Waals surface area (Å²) in [5, 5.41) is 6.16. The molecule has 0 radical (unpaired) electrons. The third-order valence-electron chi connectivity index (χ3n) is 3.55. The van der Waals surface area contributed by atoms with Gasteiger partial charge in [0.05, 0.1) is 17.1 Å². The largest absolute Gasteiger partial charge is 0.325 e. The quantitative estimate of drug-likeness (QED) is 0.856. The van der Waals surface area contributed by atoms with E-state index in [9.17, 15) is 4.79 Å². The summed E-state index contributed by atoms with van der Waals surface area (Å²) in [6.45, 7) is 3.00. The highest BCUT2D eigenvalue weighted by molar-refractivity contribution is 5.96. The lowest BCUT2D eigenvalue weighted by atomic mass is 10.0. The van der Waals surface area contributed by atoms with Crippen LogP contribution in [-0.4, -0.2) is 28.5 Å². The van der Waals surface area contributed by atoms with Crippen LogP contribution in [0, 0.1) is 5.92 Å².